The van der Waals surface area contributed by atoms with Gasteiger partial charge in [0.2, 0.25) is 0 Å². The van der Waals surface area contributed by atoms with E-state index in [1.165, 1.54) is 0 Å². The first kappa shape index (κ1) is 13.5. The molecule has 0 saturated carbocycles. The van der Waals surface area contributed by atoms with E-state index in [0.29, 0.717) is 19.8 Å². The van der Waals surface area contributed by atoms with Gasteiger partial charge in [-0.3, -0.25) is 4.90 Å². The zero-order valence-corrected chi connectivity index (χ0v) is 9.20. The second-order valence-electron chi connectivity index (χ2n) is 2.86. The van der Waals surface area contributed by atoms with Gasteiger partial charge in [0.1, 0.15) is 6.29 Å². The van der Waals surface area contributed by atoms with Crippen LogP contribution in [0.4, 0.5) is 0 Å². The third-order valence-corrected chi connectivity index (χ3v) is 1.84. The SMILES string of the molecule is CCOCCN(CC=O)CCOCC. The van der Waals surface area contributed by atoms with Crippen molar-refractivity contribution in [1.82, 2.24) is 4.90 Å². The lowest BCUT2D eigenvalue weighted by molar-refractivity contribution is -0.109. The van der Waals surface area contributed by atoms with Gasteiger partial charge in [0.05, 0.1) is 19.8 Å². The van der Waals surface area contributed by atoms with Gasteiger partial charge in [-0.15, -0.1) is 0 Å². The minimum atomic E-state index is 0.458. The average Bonchev–Trinajstić information content (AvgIpc) is 2.18. The maximum Gasteiger partial charge on any atom is 0.133 e. The third-order valence-electron chi connectivity index (χ3n) is 1.84. The van der Waals surface area contributed by atoms with Gasteiger partial charge in [-0.05, 0) is 13.8 Å². The Labute approximate surface area is 86.2 Å². The fraction of sp³-hybridized carbons (Fsp3) is 0.900. The predicted octanol–water partition coefficient (Wildman–Crippen LogP) is 0.560. The minimum Gasteiger partial charge on any atom is -0.380 e. The molecular weight excluding hydrogens is 182 g/mol. The van der Waals surface area contributed by atoms with Gasteiger partial charge in [0.15, 0.2) is 0 Å². The number of carbonyl (C=O) groups is 1. The molecule has 0 atom stereocenters. The molecule has 0 aliphatic heterocycles. The summed E-state index contributed by atoms with van der Waals surface area (Å²) in [5.41, 5.74) is 0. The maximum atomic E-state index is 10.4. The number of hydrogen-bond donors (Lipinski definition) is 0. The predicted molar refractivity (Wildman–Crippen MR) is 55.5 cm³/mol. The Kier molecular flexibility index (Phi) is 10.3. The number of carbonyl (C=O) groups excluding carboxylic acids is 1. The first-order valence-electron chi connectivity index (χ1n) is 5.16. The van der Waals surface area contributed by atoms with E-state index in [-0.39, 0.29) is 0 Å². The monoisotopic (exact) mass is 203 g/mol. The van der Waals surface area contributed by atoms with E-state index in [4.69, 9.17) is 9.47 Å². The van der Waals surface area contributed by atoms with Crippen molar-refractivity contribution in [3.05, 3.63) is 0 Å². The summed E-state index contributed by atoms with van der Waals surface area (Å²) in [4.78, 5) is 12.4. The standard InChI is InChI=1S/C10H21NO3/c1-3-13-9-6-11(5-8-12)7-10-14-4-2/h8H,3-7,9-10H2,1-2H3. The lowest BCUT2D eigenvalue weighted by Crippen LogP contribution is -2.32. The molecule has 0 radical (unpaired) electrons. The lowest BCUT2D eigenvalue weighted by Gasteiger charge is -2.18. The molecular formula is C10H21NO3. The van der Waals surface area contributed by atoms with E-state index >= 15 is 0 Å². The summed E-state index contributed by atoms with van der Waals surface area (Å²) in [6, 6.07) is 0. The van der Waals surface area contributed by atoms with E-state index in [0.717, 1.165) is 32.6 Å². The second-order valence-corrected chi connectivity index (χ2v) is 2.86. The molecule has 0 bridgehead atoms. The molecule has 84 valence electrons. The third kappa shape index (κ3) is 8.16. The Bertz CT molecular complexity index is 121. The first-order chi connectivity index (χ1) is 6.85. The van der Waals surface area contributed by atoms with Crippen LogP contribution in [0.25, 0.3) is 0 Å². The molecule has 0 amide bonds. The van der Waals surface area contributed by atoms with Crippen LogP contribution in [0.1, 0.15) is 13.8 Å². The Morgan fingerprint density at radius 3 is 1.93 bits per heavy atom. The smallest absolute Gasteiger partial charge is 0.133 e. The summed E-state index contributed by atoms with van der Waals surface area (Å²) >= 11 is 0. The van der Waals surface area contributed by atoms with Crippen LogP contribution in [0, 0.1) is 0 Å². The zero-order valence-electron chi connectivity index (χ0n) is 9.20. The fourth-order valence-corrected chi connectivity index (χ4v) is 1.08. The highest BCUT2D eigenvalue weighted by molar-refractivity contribution is 5.51. The van der Waals surface area contributed by atoms with Crippen LogP contribution >= 0.6 is 0 Å². The zero-order chi connectivity index (χ0) is 10.6. The number of nitrogens with zero attached hydrogens (tertiary/aromatic N) is 1. The van der Waals surface area contributed by atoms with Crippen molar-refractivity contribution in [3.63, 3.8) is 0 Å². The summed E-state index contributed by atoms with van der Waals surface area (Å²) in [5.74, 6) is 0. The highest BCUT2D eigenvalue weighted by Gasteiger charge is 2.02. The highest BCUT2D eigenvalue weighted by atomic mass is 16.5. The maximum absolute atomic E-state index is 10.4. The van der Waals surface area contributed by atoms with Gasteiger partial charge in [-0.1, -0.05) is 0 Å². The Morgan fingerprint density at radius 2 is 1.57 bits per heavy atom. The van der Waals surface area contributed by atoms with E-state index < -0.39 is 0 Å². The van der Waals surface area contributed by atoms with Crippen molar-refractivity contribution in [3.8, 4) is 0 Å². The number of rotatable bonds is 10. The molecule has 4 nitrogen and oxygen atoms in total. The van der Waals surface area contributed by atoms with Crippen LogP contribution in [0.3, 0.4) is 0 Å². The molecule has 0 aromatic carbocycles. The van der Waals surface area contributed by atoms with Crippen LogP contribution in [0.2, 0.25) is 0 Å². The van der Waals surface area contributed by atoms with Crippen molar-refractivity contribution >= 4 is 6.29 Å². The normalized spacial score (nSPS) is 10.8. The average molecular weight is 203 g/mol. The topological polar surface area (TPSA) is 38.8 Å². The molecule has 0 N–H and O–H groups in total. The van der Waals surface area contributed by atoms with Crippen molar-refractivity contribution in [2.75, 3.05) is 46.1 Å². The van der Waals surface area contributed by atoms with Crippen LogP contribution in [0.5, 0.6) is 0 Å². The fourth-order valence-electron chi connectivity index (χ4n) is 1.08. The van der Waals surface area contributed by atoms with E-state index in [2.05, 4.69) is 0 Å². The van der Waals surface area contributed by atoms with E-state index in [1.807, 2.05) is 18.7 Å². The second kappa shape index (κ2) is 10.6. The van der Waals surface area contributed by atoms with Crippen LogP contribution < -0.4 is 0 Å². The molecule has 0 saturated heterocycles. The quantitative estimate of drug-likeness (QED) is 0.384. The number of aldehydes is 1. The molecule has 0 aromatic rings. The van der Waals surface area contributed by atoms with Gasteiger partial charge in [-0.2, -0.15) is 0 Å². The number of ether oxygens (including phenoxy) is 2. The van der Waals surface area contributed by atoms with Crippen LogP contribution in [0.15, 0.2) is 0 Å². The Morgan fingerprint density at radius 1 is 1.07 bits per heavy atom. The minimum absolute atomic E-state index is 0.458. The summed E-state index contributed by atoms with van der Waals surface area (Å²) in [6.45, 7) is 8.77. The van der Waals surface area contributed by atoms with Crippen molar-refractivity contribution in [2.45, 2.75) is 13.8 Å². The van der Waals surface area contributed by atoms with Gasteiger partial charge >= 0.3 is 0 Å². The van der Waals surface area contributed by atoms with Gasteiger partial charge in [0.25, 0.3) is 0 Å². The summed E-state index contributed by atoms with van der Waals surface area (Å²) in [5, 5.41) is 0. The molecule has 0 aliphatic carbocycles. The highest BCUT2D eigenvalue weighted by Crippen LogP contribution is 1.88. The molecule has 0 heterocycles. The lowest BCUT2D eigenvalue weighted by atomic mass is 10.4. The molecule has 0 rings (SSSR count). The van der Waals surface area contributed by atoms with Crippen molar-refractivity contribution in [2.24, 2.45) is 0 Å². The van der Waals surface area contributed by atoms with E-state index in [1.54, 1.807) is 0 Å². The summed E-state index contributed by atoms with van der Waals surface area (Å²) in [6.07, 6.45) is 0.915. The molecule has 0 spiro atoms. The van der Waals surface area contributed by atoms with E-state index in [9.17, 15) is 4.79 Å². The molecule has 0 aliphatic rings. The molecule has 0 fully saturated rings. The first-order valence-corrected chi connectivity index (χ1v) is 5.16. The molecule has 0 unspecified atom stereocenters. The molecule has 4 heteroatoms. The van der Waals surface area contributed by atoms with Crippen molar-refractivity contribution < 1.29 is 14.3 Å². The Balaban J connectivity index is 3.49. The van der Waals surface area contributed by atoms with Crippen LogP contribution in [-0.4, -0.2) is 57.2 Å². The van der Waals surface area contributed by atoms with Gasteiger partial charge in [0, 0.05) is 26.3 Å². The van der Waals surface area contributed by atoms with Gasteiger partial charge < -0.3 is 14.3 Å². The molecule has 0 aromatic heterocycles. The number of hydrogen-bond acceptors (Lipinski definition) is 4. The van der Waals surface area contributed by atoms with Crippen molar-refractivity contribution in [1.29, 1.82) is 0 Å². The summed E-state index contributed by atoms with van der Waals surface area (Å²) in [7, 11) is 0. The molecule has 14 heavy (non-hydrogen) atoms. The Hall–Kier alpha value is -0.450. The van der Waals surface area contributed by atoms with Crippen LogP contribution in [-0.2, 0) is 14.3 Å². The summed E-state index contributed by atoms with van der Waals surface area (Å²) < 4.78 is 10.4. The largest absolute Gasteiger partial charge is 0.380 e. The van der Waals surface area contributed by atoms with Gasteiger partial charge in [-0.25, -0.2) is 0 Å².